The number of hydrogen-bond acceptors (Lipinski definition) is 8. The lowest BCUT2D eigenvalue weighted by Gasteiger charge is -2.26. The molecule has 0 N–H and O–H groups in total. The van der Waals surface area contributed by atoms with Crippen molar-refractivity contribution in [3.8, 4) is 0 Å². The molecule has 0 heterocycles. The first-order valence-electron chi connectivity index (χ1n) is 34.7. The number of hydrogen-bond donors (Lipinski definition) is 0. The summed E-state index contributed by atoms with van der Waals surface area (Å²) in [6.45, 7) is 4.68. The van der Waals surface area contributed by atoms with Gasteiger partial charge in [-0.3, -0.25) is 9.59 Å². The first kappa shape index (κ1) is 79.5. The van der Waals surface area contributed by atoms with Crippen LogP contribution in [0.25, 0.3) is 0 Å². The second-order valence-electron chi connectivity index (χ2n) is 24.4. The minimum absolute atomic E-state index is 0.148. The summed E-state index contributed by atoms with van der Waals surface area (Å²) >= 11 is 0. The zero-order valence-corrected chi connectivity index (χ0v) is 54.8. The van der Waals surface area contributed by atoms with Crippen molar-refractivity contribution < 1.29 is 42.9 Å². The maximum atomic E-state index is 12.9. The standard InChI is InChI=1S/C74H131NO8/c1-6-8-10-12-14-16-18-20-22-24-26-28-29-30-31-32-33-34-35-36-37-38-39-40-41-42-43-45-47-49-51-53-55-57-59-61-63-65-72(77)83-70(69-82-74(73(78)79)80-67-66-75(3,4)5)68-81-71(76)64-62-60-58-56-54-52-50-48-46-44-27-25-23-21-19-17-15-13-11-9-7-2/h8,10,14,16,20,22,26,28,30-31,33-34,36-37,70,74H,6-7,9,11-13,15,17-19,21,23-25,27,29,32,35,38-69H2,1-5H3/b10-8-,16-14-,22-20-,28-26-,31-30-,34-33-,37-36-. The van der Waals surface area contributed by atoms with Crippen LogP contribution in [0.15, 0.2) is 85.1 Å². The number of quaternary nitrogens is 1. The van der Waals surface area contributed by atoms with E-state index in [1.807, 2.05) is 21.1 Å². The smallest absolute Gasteiger partial charge is 0.306 e. The lowest BCUT2D eigenvalue weighted by Crippen LogP contribution is -2.44. The number of nitrogens with zero attached hydrogens (tertiary/aromatic N) is 1. The first-order valence-corrected chi connectivity index (χ1v) is 34.7. The van der Waals surface area contributed by atoms with Crippen LogP contribution in [0.1, 0.15) is 309 Å². The number of rotatable bonds is 64. The van der Waals surface area contributed by atoms with Gasteiger partial charge in [-0.1, -0.05) is 311 Å². The number of carbonyl (C=O) groups excluding carboxylic acids is 3. The van der Waals surface area contributed by atoms with E-state index in [2.05, 4.69) is 98.9 Å². The highest BCUT2D eigenvalue weighted by Crippen LogP contribution is 2.18. The Morgan fingerprint density at radius 1 is 0.373 bits per heavy atom. The Hall–Kier alpha value is -3.53. The molecule has 2 unspecified atom stereocenters. The fourth-order valence-electron chi connectivity index (χ4n) is 9.87. The van der Waals surface area contributed by atoms with Gasteiger partial charge in [-0.05, 0) is 70.6 Å². The lowest BCUT2D eigenvalue weighted by molar-refractivity contribution is -0.870. The zero-order chi connectivity index (χ0) is 60.5. The van der Waals surface area contributed by atoms with Gasteiger partial charge in [0.15, 0.2) is 12.4 Å². The van der Waals surface area contributed by atoms with Crippen molar-refractivity contribution in [2.24, 2.45) is 0 Å². The number of carbonyl (C=O) groups is 3. The molecule has 0 aromatic heterocycles. The average Bonchev–Trinajstić information content (AvgIpc) is 3.46. The summed E-state index contributed by atoms with van der Waals surface area (Å²) in [5, 5.41) is 11.8. The molecule has 480 valence electrons. The highest BCUT2D eigenvalue weighted by atomic mass is 16.7. The van der Waals surface area contributed by atoms with Crippen LogP contribution in [-0.2, 0) is 33.3 Å². The summed E-state index contributed by atoms with van der Waals surface area (Å²) in [4.78, 5) is 37.5. The van der Waals surface area contributed by atoms with Crippen molar-refractivity contribution in [3.63, 3.8) is 0 Å². The van der Waals surface area contributed by atoms with Crippen molar-refractivity contribution in [3.05, 3.63) is 85.1 Å². The molecule has 0 bridgehead atoms. The third-order valence-electron chi connectivity index (χ3n) is 15.2. The summed E-state index contributed by atoms with van der Waals surface area (Å²) in [6.07, 6.45) is 83.7. The van der Waals surface area contributed by atoms with Gasteiger partial charge in [-0.25, -0.2) is 0 Å². The van der Waals surface area contributed by atoms with Gasteiger partial charge in [0.2, 0.25) is 0 Å². The Morgan fingerprint density at radius 3 is 1.02 bits per heavy atom. The van der Waals surface area contributed by atoms with Gasteiger partial charge >= 0.3 is 11.9 Å². The van der Waals surface area contributed by atoms with Crippen molar-refractivity contribution in [1.82, 2.24) is 0 Å². The predicted molar refractivity (Wildman–Crippen MR) is 352 cm³/mol. The van der Waals surface area contributed by atoms with E-state index in [4.69, 9.17) is 18.9 Å². The van der Waals surface area contributed by atoms with Crippen LogP contribution in [0.3, 0.4) is 0 Å². The summed E-state index contributed by atoms with van der Waals surface area (Å²) in [7, 11) is 5.94. The Labute approximate surface area is 512 Å². The number of unbranched alkanes of at least 4 members (excludes halogenated alkanes) is 35. The molecule has 0 saturated heterocycles. The van der Waals surface area contributed by atoms with Crippen LogP contribution < -0.4 is 5.11 Å². The minimum atomic E-state index is -1.62. The zero-order valence-electron chi connectivity index (χ0n) is 54.8. The van der Waals surface area contributed by atoms with E-state index in [1.165, 1.54) is 193 Å². The van der Waals surface area contributed by atoms with Crippen LogP contribution in [0.2, 0.25) is 0 Å². The molecule has 9 heteroatoms. The Morgan fingerprint density at radius 2 is 0.687 bits per heavy atom. The minimum Gasteiger partial charge on any atom is -0.545 e. The largest absolute Gasteiger partial charge is 0.545 e. The van der Waals surface area contributed by atoms with Crippen LogP contribution in [0.5, 0.6) is 0 Å². The van der Waals surface area contributed by atoms with Crippen LogP contribution in [0, 0.1) is 0 Å². The maximum Gasteiger partial charge on any atom is 0.306 e. The fourth-order valence-corrected chi connectivity index (χ4v) is 9.87. The molecule has 0 radical (unpaired) electrons. The van der Waals surface area contributed by atoms with Gasteiger partial charge in [0.25, 0.3) is 0 Å². The summed E-state index contributed by atoms with van der Waals surface area (Å²) < 4.78 is 22.8. The van der Waals surface area contributed by atoms with Gasteiger partial charge < -0.3 is 33.3 Å². The number of esters is 2. The Balaban J connectivity index is 4.08. The monoisotopic (exact) mass is 1160 g/mol. The Kier molecular flexibility index (Phi) is 61.7. The molecule has 0 amide bonds. The molecule has 83 heavy (non-hydrogen) atoms. The van der Waals surface area contributed by atoms with E-state index in [1.54, 1.807) is 0 Å². The molecule has 0 fully saturated rings. The van der Waals surface area contributed by atoms with Crippen molar-refractivity contribution >= 4 is 17.9 Å². The Bertz CT molecular complexity index is 1640. The van der Waals surface area contributed by atoms with Gasteiger partial charge in [-0.15, -0.1) is 0 Å². The number of carboxylic acids is 1. The van der Waals surface area contributed by atoms with E-state index in [0.29, 0.717) is 23.9 Å². The number of likely N-dealkylation sites (N-methyl/N-ethyl adjacent to an activating group) is 1. The molecule has 0 aliphatic carbocycles. The van der Waals surface area contributed by atoms with Crippen molar-refractivity contribution in [2.75, 3.05) is 47.5 Å². The van der Waals surface area contributed by atoms with Gasteiger partial charge in [0.1, 0.15) is 13.2 Å². The molecule has 0 aromatic carbocycles. The molecule has 0 aliphatic heterocycles. The SMILES string of the molecule is CC/C=C\C/C=C\C/C=C\C/C=C\C/C=C\C/C=C\C/C=C\CCCCCCCCCCCCCCCCCC(=O)OC(COC(=O)CCCCCCCCCCCCCCCCCCCCCCC)COC(OCC[N+](C)(C)C)C(=O)[O-]. The first-order chi connectivity index (χ1) is 40.6. The molecule has 0 rings (SSSR count). The van der Waals surface area contributed by atoms with Crippen LogP contribution >= 0.6 is 0 Å². The molecule has 0 saturated carbocycles. The molecule has 2 atom stereocenters. The number of allylic oxidation sites excluding steroid dienone is 14. The van der Waals surface area contributed by atoms with Gasteiger partial charge in [0, 0.05) is 12.8 Å². The third kappa shape index (κ3) is 65.9. The summed E-state index contributed by atoms with van der Waals surface area (Å²) in [5.41, 5.74) is 0. The van der Waals surface area contributed by atoms with Gasteiger partial charge in [-0.2, -0.15) is 0 Å². The summed E-state index contributed by atoms with van der Waals surface area (Å²) in [6, 6.07) is 0. The van der Waals surface area contributed by atoms with Crippen molar-refractivity contribution in [2.45, 2.75) is 322 Å². The second-order valence-corrected chi connectivity index (χ2v) is 24.4. The van der Waals surface area contributed by atoms with Gasteiger partial charge in [0.05, 0.1) is 40.3 Å². The fraction of sp³-hybridized carbons (Fsp3) is 0.770. The highest BCUT2D eigenvalue weighted by molar-refractivity contribution is 5.70. The maximum absolute atomic E-state index is 12.9. The molecule has 9 nitrogen and oxygen atoms in total. The predicted octanol–water partition coefficient (Wildman–Crippen LogP) is 20.1. The quantitative estimate of drug-likeness (QED) is 0.0195. The van der Waals surface area contributed by atoms with E-state index in [9.17, 15) is 19.5 Å². The molecule has 0 spiro atoms. The second kappa shape index (κ2) is 64.5. The number of aliphatic carboxylic acids is 1. The molecule has 0 aromatic rings. The van der Waals surface area contributed by atoms with E-state index >= 15 is 0 Å². The average molecular weight is 1160 g/mol. The van der Waals surface area contributed by atoms with Crippen molar-refractivity contribution in [1.29, 1.82) is 0 Å². The highest BCUT2D eigenvalue weighted by Gasteiger charge is 2.22. The van der Waals surface area contributed by atoms with E-state index in [0.717, 1.165) is 83.5 Å². The van der Waals surface area contributed by atoms with E-state index in [-0.39, 0.29) is 32.2 Å². The molecular formula is C74H131NO8. The van der Waals surface area contributed by atoms with E-state index < -0.39 is 24.3 Å². The normalized spacial score (nSPS) is 13.2. The molecular weight excluding hydrogens is 1030 g/mol. The lowest BCUT2D eigenvalue weighted by atomic mass is 10.0. The van der Waals surface area contributed by atoms with Crippen LogP contribution in [0.4, 0.5) is 0 Å². The third-order valence-corrected chi connectivity index (χ3v) is 15.2. The number of ether oxygens (including phenoxy) is 4. The molecule has 0 aliphatic rings. The number of carboxylic acid groups (broad SMARTS) is 1. The van der Waals surface area contributed by atoms with Crippen LogP contribution in [-0.4, -0.2) is 82.3 Å². The summed E-state index contributed by atoms with van der Waals surface area (Å²) in [5.74, 6) is -2.27. The topological polar surface area (TPSA) is 111 Å².